The molecule has 0 saturated heterocycles. The van der Waals surface area contributed by atoms with E-state index < -0.39 is 16.1 Å². The first-order valence-electron chi connectivity index (χ1n) is 6.63. The van der Waals surface area contributed by atoms with Crippen LogP contribution in [0.4, 0.5) is 0 Å². The Kier molecular flexibility index (Phi) is 5.97. The van der Waals surface area contributed by atoms with Crippen LogP contribution in [0, 0.1) is 5.92 Å². The Morgan fingerprint density at radius 3 is 2.26 bits per heavy atom. The molecule has 0 radical (unpaired) electrons. The zero-order valence-corrected chi connectivity index (χ0v) is 12.6. The van der Waals surface area contributed by atoms with Gasteiger partial charge in [0.2, 0.25) is 10.0 Å². The van der Waals surface area contributed by atoms with Crippen molar-refractivity contribution in [3.63, 3.8) is 0 Å². The van der Waals surface area contributed by atoms with Crippen molar-refractivity contribution in [2.75, 3.05) is 6.54 Å². The van der Waals surface area contributed by atoms with Crippen molar-refractivity contribution in [1.29, 1.82) is 0 Å². The Balaban J connectivity index is 2.71. The van der Waals surface area contributed by atoms with Crippen LogP contribution < -0.4 is 4.72 Å². The molecular weight excluding hydrogens is 262 g/mol. The fraction of sp³-hybridized carbons (Fsp3) is 0.571. The zero-order chi connectivity index (χ0) is 14.5. The summed E-state index contributed by atoms with van der Waals surface area (Å²) in [6.07, 6.45) is 1.30. The van der Waals surface area contributed by atoms with E-state index in [1.165, 1.54) is 0 Å². The van der Waals surface area contributed by atoms with E-state index >= 15 is 0 Å². The summed E-state index contributed by atoms with van der Waals surface area (Å²) >= 11 is 0. The number of aryl methyl sites for hydroxylation is 1. The summed E-state index contributed by atoms with van der Waals surface area (Å²) in [5.74, 6) is 0.0228. The van der Waals surface area contributed by atoms with Crippen molar-refractivity contribution in [1.82, 2.24) is 4.72 Å². The Labute approximate surface area is 115 Å². The Bertz CT molecular complexity index is 480. The molecule has 0 aliphatic carbocycles. The summed E-state index contributed by atoms with van der Waals surface area (Å²) in [5, 5.41) is 9.62. The highest BCUT2D eigenvalue weighted by atomic mass is 32.2. The van der Waals surface area contributed by atoms with Gasteiger partial charge in [-0.15, -0.1) is 0 Å². The predicted molar refractivity (Wildman–Crippen MR) is 76.5 cm³/mol. The van der Waals surface area contributed by atoms with Gasteiger partial charge in [0, 0.05) is 6.54 Å². The van der Waals surface area contributed by atoms with E-state index in [1.54, 1.807) is 12.1 Å². The maximum Gasteiger partial charge on any atom is 0.240 e. The Hall–Kier alpha value is -0.910. The molecule has 1 unspecified atom stereocenters. The largest absolute Gasteiger partial charge is 0.391 e. The molecule has 0 aliphatic heterocycles. The van der Waals surface area contributed by atoms with E-state index in [1.807, 2.05) is 26.0 Å². The monoisotopic (exact) mass is 285 g/mol. The van der Waals surface area contributed by atoms with Gasteiger partial charge < -0.3 is 5.11 Å². The van der Waals surface area contributed by atoms with Crippen molar-refractivity contribution < 1.29 is 13.5 Å². The lowest BCUT2D eigenvalue weighted by Crippen LogP contribution is -2.34. The molecule has 108 valence electrons. The summed E-state index contributed by atoms with van der Waals surface area (Å²) in [7, 11) is -3.53. The van der Waals surface area contributed by atoms with Crippen LogP contribution in [0.1, 0.15) is 32.8 Å². The molecule has 1 atom stereocenters. The molecule has 0 fully saturated rings. The smallest absolute Gasteiger partial charge is 0.240 e. The number of rotatable bonds is 7. The molecule has 19 heavy (non-hydrogen) atoms. The van der Waals surface area contributed by atoms with E-state index in [-0.39, 0.29) is 17.4 Å². The molecular formula is C14H23NO3S. The van der Waals surface area contributed by atoms with Gasteiger partial charge in [0.25, 0.3) is 0 Å². The summed E-state index contributed by atoms with van der Waals surface area (Å²) < 4.78 is 26.4. The minimum absolute atomic E-state index is 0.0228. The third-order valence-corrected chi connectivity index (χ3v) is 4.46. The maximum atomic E-state index is 12.0. The highest BCUT2D eigenvalue weighted by Gasteiger charge is 2.17. The zero-order valence-electron chi connectivity index (χ0n) is 11.8. The highest BCUT2D eigenvalue weighted by Crippen LogP contribution is 2.12. The van der Waals surface area contributed by atoms with Gasteiger partial charge in [-0.25, -0.2) is 13.1 Å². The van der Waals surface area contributed by atoms with Crippen molar-refractivity contribution in [3.8, 4) is 0 Å². The van der Waals surface area contributed by atoms with E-state index in [4.69, 9.17) is 0 Å². The van der Waals surface area contributed by atoms with Crippen molar-refractivity contribution in [2.24, 2.45) is 5.92 Å². The van der Waals surface area contributed by atoms with E-state index in [0.717, 1.165) is 18.4 Å². The molecule has 0 aliphatic rings. The van der Waals surface area contributed by atoms with Crippen LogP contribution >= 0.6 is 0 Å². The Morgan fingerprint density at radius 2 is 1.79 bits per heavy atom. The van der Waals surface area contributed by atoms with Crippen LogP contribution in [0.25, 0.3) is 0 Å². The second-order valence-electron chi connectivity index (χ2n) is 5.06. The molecule has 0 spiro atoms. The molecule has 4 nitrogen and oxygen atoms in total. The second-order valence-corrected chi connectivity index (χ2v) is 6.82. The van der Waals surface area contributed by atoms with Crippen LogP contribution in [0.5, 0.6) is 0 Å². The van der Waals surface area contributed by atoms with Gasteiger partial charge in [0.05, 0.1) is 11.0 Å². The van der Waals surface area contributed by atoms with E-state index in [9.17, 15) is 13.5 Å². The first kappa shape index (κ1) is 16.1. The number of aliphatic hydroxyl groups excluding tert-OH is 1. The van der Waals surface area contributed by atoms with Crippen LogP contribution in [-0.4, -0.2) is 26.2 Å². The molecule has 0 saturated carbocycles. The van der Waals surface area contributed by atoms with Gasteiger partial charge in [-0.1, -0.05) is 39.3 Å². The summed E-state index contributed by atoms with van der Waals surface area (Å²) in [6.45, 7) is 5.81. The molecule has 1 aromatic carbocycles. The van der Waals surface area contributed by atoms with Crippen molar-refractivity contribution in [2.45, 2.75) is 44.6 Å². The minimum Gasteiger partial charge on any atom is -0.391 e. The average molecular weight is 285 g/mol. The lowest BCUT2D eigenvalue weighted by molar-refractivity contribution is 0.129. The molecule has 0 aromatic heterocycles. The first-order chi connectivity index (χ1) is 8.86. The predicted octanol–water partition coefficient (Wildman–Crippen LogP) is 1.93. The normalized spacial score (nSPS) is 13.7. The minimum atomic E-state index is -3.53. The molecule has 5 heteroatoms. The third-order valence-electron chi connectivity index (χ3n) is 3.02. The van der Waals surface area contributed by atoms with Crippen LogP contribution in [0.3, 0.4) is 0 Å². The quantitative estimate of drug-likeness (QED) is 0.804. The Morgan fingerprint density at radius 1 is 1.21 bits per heavy atom. The van der Waals surface area contributed by atoms with Crippen molar-refractivity contribution >= 4 is 10.0 Å². The lowest BCUT2D eigenvalue weighted by atomic mass is 10.1. The number of hydrogen-bond acceptors (Lipinski definition) is 3. The van der Waals surface area contributed by atoms with Crippen LogP contribution in [0.15, 0.2) is 29.2 Å². The van der Waals surface area contributed by atoms with Gasteiger partial charge in [0.15, 0.2) is 0 Å². The van der Waals surface area contributed by atoms with Gasteiger partial charge in [-0.3, -0.25) is 0 Å². The topological polar surface area (TPSA) is 66.4 Å². The molecule has 1 aromatic rings. The average Bonchev–Trinajstić information content (AvgIpc) is 2.37. The summed E-state index contributed by atoms with van der Waals surface area (Å²) in [6, 6.07) is 6.87. The second kappa shape index (κ2) is 7.03. The lowest BCUT2D eigenvalue weighted by Gasteiger charge is -2.15. The van der Waals surface area contributed by atoms with Gasteiger partial charge in [-0.05, 0) is 30.0 Å². The van der Waals surface area contributed by atoms with Gasteiger partial charge >= 0.3 is 0 Å². The fourth-order valence-electron chi connectivity index (χ4n) is 1.64. The molecule has 0 bridgehead atoms. The van der Waals surface area contributed by atoms with Gasteiger partial charge in [0.1, 0.15) is 0 Å². The van der Waals surface area contributed by atoms with Crippen LogP contribution in [-0.2, 0) is 16.4 Å². The molecule has 0 amide bonds. The SMILES string of the molecule is CCCc1ccc(S(=O)(=O)NCC(O)C(C)C)cc1. The van der Waals surface area contributed by atoms with Crippen LogP contribution in [0.2, 0.25) is 0 Å². The summed E-state index contributed by atoms with van der Waals surface area (Å²) in [4.78, 5) is 0.239. The number of aliphatic hydroxyl groups is 1. The number of benzene rings is 1. The standard InChI is InChI=1S/C14H23NO3S/c1-4-5-12-6-8-13(9-7-12)19(17,18)15-10-14(16)11(2)3/h6-9,11,14-16H,4-5,10H2,1-3H3. The first-order valence-corrected chi connectivity index (χ1v) is 8.11. The summed E-state index contributed by atoms with van der Waals surface area (Å²) in [5.41, 5.74) is 1.13. The van der Waals surface area contributed by atoms with Crippen molar-refractivity contribution in [3.05, 3.63) is 29.8 Å². The molecule has 0 heterocycles. The number of hydrogen-bond donors (Lipinski definition) is 2. The number of nitrogens with one attached hydrogen (secondary N) is 1. The van der Waals surface area contributed by atoms with Gasteiger partial charge in [-0.2, -0.15) is 0 Å². The van der Waals surface area contributed by atoms with E-state index in [0.29, 0.717) is 0 Å². The molecule has 1 rings (SSSR count). The molecule has 2 N–H and O–H groups in total. The fourth-order valence-corrected chi connectivity index (χ4v) is 2.69. The third kappa shape index (κ3) is 4.93. The maximum absolute atomic E-state index is 12.0. The number of sulfonamides is 1. The highest BCUT2D eigenvalue weighted by molar-refractivity contribution is 7.89. The van der Waals surface area contributed by atoms with E-state index in [2.05, 4.69) is 11.6 Å².